The van der Waals surface area contributed by atoms with Crippen LogP contribution in [0, 0.1) is 13.8 Å². The number of urea groups is 1. The van der Waals surface area contributed by atoms with Gasteiger partial charge in [-0.15, -0.1) is 10.2 Å². The number of thioether (sulfide) groups is 1. The van der Waals surface area contributed by atoms with Crippen molar-refractivity contribution in [3.63, 3.8) is 0 Å². The molecule has 0 aliphatic rings. The summed E-state index contributed by atoms with van der Waals surface area (Å²) in [5.74, 6) is -0.397. The Morgan fingerprint density at radius 1 is 1.30 bits per heavy atom. The van der Waals surface area contributed by atoms with Gasteiger partial charge in [0, 0.05) is 19.3 Å². The Morgan fingerprint density at radius 3 is 2.78 bits per heavy atom. The van der Waals surface area contributed by atoms with Gasteiger partial charge in [0.1, 0.15) is 0 Å². The van der Waals surface area contributed by atoms with Crippen LogP contribution < -0.4 is 16.0 Å². The van der Waals surface area contributed by atoms with Crippen molar-refractivity contribution < 1.29 is 14.3 Å². The molecule has 1 heterocycles. The molecule has 0 radical (unpaired) electrons. The molecule has 146 valence electrons. The summed E-state index contributed by atoms with van der Waals surface area (Å²) in [6.45, 7) is 6.78. The number of aromatic nitrogens is 2. The molecule has 3 N–H and O–H groups in total. The summed E-state index contributed by atoms with van der Waals surface area (Å²) in [6, 6.07) is 5.12. The summed E-state index contributed by atoms with van der Waals surface area (Å²) in [5, 5.41) is 16.3. The van der Waals surface area contributed by atoms with Crippen molar-refractivity contribution in [3.05, 3.63) is 29.3 Å². The van der Waals surface area contributed by atoms with E-state index in [0.717, 1.165) is 11.1 Å². The van der Waals surface area contributed by atoms with E-state index in [1.54, 1.807) is 14.0 Å². The lowest BCUT2D eigenvalue weighted by atomic mass is 10.1. The SMILES string of the molecule is COCCNc1nnc(SC(C)C(=O)NC(=O)Nc2ccc(C)cc2C)s1. The van der Waals surface area contributed by atoms with E-state index in [9.17, 15) is 9.59 Å². The zero-order chi connectivity index (χ0) is 19.8. The summed E-state index contributed by atoms with van der Waals surface area (Å²) in [7, 11) is 1.62. The molecule has 1 atom stereocenters. The molecule has 2 rings (SSSR count). The van der Waals surface area contributed by atoms with Gasteiger partial charge in [-0.3, -0.25) is 10.1 Å². The lowest BCUT2D eigenvalue weighted by Gasteiger charge is -2.12. The molecule has 2 aromatic rings. The summed E-state index contributed by atoms with van der Waals surface area (Å²) < 4.78 is 5.60. The number of benzene rings is 1. The minimum atomic E-state index is -0.557. The van der Waals surface area contributed by atoms with Crippen molar-refractivity contribution in [2.24, 2.45) is 0 Å². The molecule has 0 aliphatic carbocycles. The predicted octanol–water partition coefficient (Wildman–Crippen LogP) is 3.04. The van der Waals surface area contributed by atoms with Gasteiger partial charge in [0.25, 0.3) is 0 Å². The van der Waals surface area contributed by atoms with Crippen molar-refractivity contribution in [3.8, 4) is 0 Å². The maximum Gasteiger partial charge on any atom is 0.325 e. The molecule has 1 unspecified atom stereocenters. The average Bonchev–Trinajstić information content (AvgIpc) is 3.05. The lowest BCUT2D eigenvalue weighted by molar-refractivity contribution is -0.119. The molecule has 27 heavy (non-hydrogen) atoms. The summed E-state index contributed by atoms with van der Waals surface area (Å²) >= 11 is 2.59. The number of hydrogen-bond acceptors (Lipinski definition) is 8. The number of nitrogens with zero attached hydrogens (tertiary/aromatic N) is 2. The van der Waals surface area contributed by atoms with E-state index >= 15 is 0 Å². The Kier molecular flexibility index (Phi) is 8.01. The minimum Gasteiger partial charge on any atom is -0.383 e. The highest BCUT2D eigenvalue weighted by Crippen LogP contribution is 2.28. The summed E-state index contributed by atoms with van der Waals surface area (Å²) in [5.41, 5.74) is 2.71. The molecule has 10 heteroatoms. The predicted molar refractivity (Wildman–Crippen MR) is 109 cm³/mol. The number of imide groups is 1. The van der Waals surface area contributed by atoms with E-state index in [-0.39, 0.29) is 0 Å². The van der Waals surface area contributed by atoms with Crippen LogP contribution in [0.4, 0.5) is 15.6 Å². The highest BCUT2D eigenvalue weighted by molar-refractivity contribution is 8.02. The van der Waals surface area contributed by atoms with Crippen molar-refractivity contribution >= 4 is 45.9 Å². The number of amides is 3. The molecule has 0 saturated carbocycles. The van der Waals surface area contributed by atoms with Gasteiger partial charge in [0.15, 0.2) is 4.34 Å². The van der Waals surface area contributed by atoms with Gasteiger partial charge in [0.2, 0.25) is 11.0 Å². The van der Waals surface area contributed by atoms with Gasteiger partial charge < -0.3 is 15.4 Å². The van der Waals surface area contributed by atoms with Gasteiger partial charge in [-0.1, -0.05) is 40.8 Å². The number of carbonyl (C=O) groups excluding carboxylic acids is 2. The Labute approximate surface area is 166 Å². The first kappa shape index (κ1) is 21.1. The van der Waals surface area contributed by atoms with Crippen LogP contribution in [0.15, 0.2) is 22.5 Å². The molecule has 0 saturated heterocycles. The van der Waals surface area contributed by atoms with Crippen molar-refractivity contribution in [1.29, 1.82) is 0 Å². The van der Waals surface area contributed by atoms with E-state index in [2.05, 4.69) is 26.1 Å². The molecular formula is C17H23N5O3S2. The van der Waals surface area contributed by atoms with Crippen LogP contribution in [0.1, 0.15) is 18.1 Å². The maximum absolute atomic E-state index is 12.2. The second-order valence-corrected chi connectivity index (χ2v) is 8.38. The lowest BCUT2D eigenvalue weighted by Crippen LogP contribution is -2.39. The standard InChI is InChI=1S/C17H23N5O3S2/c1-10-5-6-13(11(2)9-10)19-15(24)20-14(23)12(3)26-17-22-21-16(27-17)18-7-8-25-4/h5-6,9,12H,7-8H2,1-4H3,(H,18,21)(H2,19,20,23,24). The van der Waals surface area contributed by atoms with Crippen LogP contribution in [-0.2, 0) is 9.53 Å². The van der Waals surface area contributed by atoms with Crippen LogP contribution in [0.5, 0.6) is 0 Å². The minimum absolute atomic E-state index is 0.397. The molecule has 0 spiro atoms. The Bertz CT molecular complexity index is 797. The van der Waals surface area contributed by atoms with E-state index < -0.39 is 17.2 Å². The number of methoxy groups -OCH3 is 1. The second-order valence-electron chi connectivity index (χ2n) is 5.81. The maximum atomic E-state index is 12.2. The first-order valence-corrected chi connectivity index (χ1v) is 10.0. The highest BCUT2D eigenvalue weighted by atomic mass is 32.2. The highest BCUT2D eigenvalue weighted by Gasteiger charge is 2.19. The van der Waals surface area contributed by atoms with Crippen LogP contribution in [0.3, 0.4) is 0 Å². The van der Waals surface area contributed by atoms with E-state index in [1.165, 1.54) is 23.1 Å². The van der Waals surface area contributed by atoms with Crippen molar-refractivity contribution in [2.75, 3.05) is 30.9 Å². The van der Waals surface area contributed by atoms with Crippen LogP contribution in [0.2, 0.25) is 0 Å². The number of aryl methyl sites for hydroxylation is 2. The fourth-order valence-corrected chi connectivity index (χ4v) is 4.04. The number of carbonyl (C=O) groups is 2. The molecule has 0 aliphatic heterocycles. The number of hydrogen-bond donors (Lipinski definition) is 3. The van der Waals surface area contributed by atoms with Gasteiger partial charge in [0.05, 0.1) is 11.9 Å². The summed E-state index contributed by atoms with van der Waals surface area (Å²) in [4.78, 5) is 24.3. The summed E-state index contributed by atoms with van der Waals surface area (Å²) in [6.07, 6.45) is 0. The smallest absolute Gasteiger partial charge is 0.325 e. The molecular weight excluding hydrogens is 386 g/mol. The Morgan fingerprint density at radius 2 is 2.07 bits per heavy atom. The van der Waals surface area contributed by atoms with Gasteiger partial charge in [-0.05, 0) is 32.4 Å². The third-order valence-corrected chi connectivity index (χ3v) is 5.57. The first-order chi connectivity index (χ1) is 12.9. The van der Waals surface area contributed by atoms with E-state index in [4.69, 9.17) is 4.74 Å². The normalized spacial score (nSPS) is 11.7. The fourth-order valence-electron chi connectivity index (χ4n) is 2.11. The molecule has 0 bridgehead atoms. The zero-order valence-electron chi connectivity index (χ0n) is 15.7. The van der Waals surface area contributed by atoms with E-state index in [0.29, 0.717) is 28.3 Å². The monoisotopic (exact) mass is 409 g/mol. The Hall–Kier alpha value is -2.17. The third-order valence-electron chi connectivity index (χ3n) is 3.50. The van der Waals surface area contributed by atoms with Crippen LogP contribution in [-0.4, -0.2) is 47.6 Å². The topological polar surface area (TPSA) is 105 Å². The van der Waals surface area contributed by atoms with E-state index in [1.807, 2.05) is 32.0 Å². The number of anilines is 2. The van der Waals surface area contributed by atoms with Crippen LogP contribution in [0.25, 0.3) is 0 Å². The van der Waals surface area contributed by atoms with Crippen molar-refractivity contribution in [1.82, 2.24) is 15.5 Å². The average molecular weight is 410 g/mol. The fraction of sp³-hybridized carbons (Fsp3) is 0.412. The number of ether oxygens (including phenoxy) is 1. The number of rotatable bonds is 8. The third kappa shape index (κ3) is 6.81. The van der Waals surface area contributed by atoms with Crippen LogP contribution >= 0.6 is 23.1 Å². The molecule has 0 fully saturated rings. The molecule has 1 aromatic heterocycles. The first-order valence-electron chi connectivity index (χ1n) is 8.31. The van der Waals surface area contributed by atoms with Gasteiger partial charge >= 0.3 is 6.03 Å². The largest absolute Gasteiger partial charge is 0.383 e. The second kappa shape index (κ2) is 10.2. The van der Waals surface area contributed by atoms with Gasteiger partial charge in [-0.25, -0.2) is 4.79 Å². The molecule has 1 aromatic carbocycles. The molecule has 3 amide bonds. The van der Waals surface area contributed by atoms with Crippen molar-refractivity contribution in [2.45, 2.75) is 30.4 Å². The number of nitrogens with one attached hydrogen (secondary N) is 3. The quantitative estimate of drug-likeness (QED) is 0.454. The zero-order valence-corrected chi connectivity index (χ0v) is 17.3. The Balaban J connectivity index is 1.83. The molecule has 8 nitrogen and oxygen atoms in total. The van der Waals surface area contributed by atoms with Gasteiger partial charge in [-0.2, -0.15) is 0 Å².